The molecule has 8 heteroatoms. The molecule has 3 heterocycles. The maximum absolute atomic E-state index is 13.3. The van der Waals surface area contributed by atoms with Crippen LogP contribution in [-0.4, -0.2) is 31.9 Å². The minimum Gasteiger partial charge on any atom is -0.349 e. The molecule has 1 atom stereocenters. The van der Waals surface area contributed by atoms with Crippen molar-refractivity contribution in [2.75, 3.05) is 0 Å². The summed E-state index contributed by atoms with van der Waals surface area (Å²) < 4.78 is 20.4. The minimum absolute atomic E-state index is 0.113. The number of nitrogens with zero attached hydrogens (tertiary/aromatic N) is 4. The Bertz CT molecular complexity index is 1230. The second-order valence-electron chi connectivity index (χ2n) is 7.50. The van der Waals surface area contributed by atoms with Gasteiger partial charge in [-0.25, -0.2) is 9.37 Å². The number of amides is 1. The van der Waals surface area contributed by atoms with Gasteiger partial charge in [-0.2, -0.15) is 5.10 Å². The molecular weight excluding hydrogens is 385 g/mol. The fraction of sp³-hybridized carbons (Fsp3) is 0.273. The van der Waals surface area contributed by atoms with Crippen molar-refractivity contribution in [3.8, 4) is 11.3 Å². The minimum atomic E-state index is -0.340. The maximum atomic E-state index is 13.3. The highest BCUT2D eigenvalue weighted by molar-refractivity contribution is 6.07. The summed E-state index contributed by atoms with van der Waals surface area (Å²) in [6.45, 7) is 5.67. The Balaban J connectivity index is 1.66. The van der Waals surface area contributed by atoms with E-state index in [-0.39, 0.29) is 23.5 Å². The van der Waals surface area contributed by atoms with E-state index in [0.29, 0.717) is 34.3 Å². The van der Waals surface area contributed by atoms with Crippen LogP contribution in [0.4, 0.5) is 4.39 Å². The molecule has 1 unspecified atom stereocenters. The lowest BCUT2D eigenvalue weighted by Gasteiger charge is -2.14. The Morgan fingerprint density at radius 3 is 2.63 bits per heavy atom. The first-order valence-corrected chi connectivity index (χ1v) is 9.64. The van der Waals surface area contributed by atoms with E-state index in [1.54, 1.807) is 29.8 Å². The lowest BCUT2D eigenvalue weighted by Crippen LogP contribution is -2.34. The molecule has 0 aliphatic carbocycles. The van der Waals surface area contributed by atoms with Crippen molar-refractivity contribution in [3.05, 3.63) is 64.9 Å². The molecule has 1 N–H and O–H groups in total. The molecule has 3 aromatic heterocycles. The molecule has 4 rings (SSSR count). The van der Waals surface area contributed by atoms with E-state index >= 15 is 0 Å². The summed E-state index contributed by atoms with van der Waals surface area (Å²) in [5.41, 5.74) is 4.50. The number of halogens is 1. The fourth-order valence-corrected chi connectivity index (χ4v) is 3.57. The molecule has 7 nitrogen and oxygen atoms in total. The highest BCUT2D eigenvalue weighted by Crippen LogP contribution is 2.27. The SMILES string of the molecule is Cc1nn(C)cc1CC(C)NC(=O)c1cc(-c2ccc(F)cc2)nc2onc(C)c12. The first-order valence-electron chi connectivity index (χ1n) is 9.64. The molecule has 0 bridgehead atoms. The summed E-state index contributed by atoms with van der Waals surface area (Å²) in [5.74, 6) is -0.584. The van der Waals surface area contributed by atoms with Crippen molar-refractivity contribution in [3.63, 3.8) is 0 Å². The molecule has 4 aromatic rings. The molecule has 0 fully saturated rings. The summed E-state index contributed by atoms with van der Waals surface area (Å²) in [7, 11) is 1.87. The van der Waals surface area contributed by atoms with Crippen molar-refractivity contribution >= 4 is 17.0 Å². The average Bonchev–Trinajstić information content (AvgIpc) is 3.23. The number of aryl methyl sites for hydroxylation is 3. The summed E-state index contributed by atoms with van der Waals surface area (Å²) in [4.78, 5) is 17.6. The van der Waals surface area contributed by atoms with Crippen LogP contribution in [0.2, 0.25) is 0 Å². The second kappa shape index (κ2) is 7.70. The summed E-state index contributed by atoms with van der Waals surface area (Å²) in [5, 5.41) is 11.9. The Hall–Kier alpha value is -3.55. The number of hydrogen-bond acceptors (Lipinski definition) is 5. The number of aromatic nitrogens is 4. The monoisotopic (exact) mass is 407 g/mol. The summed E-state index contributed by atoms with van der Waals surface area (Å²) in [6.07, 6.45) is 2.62. The summed E-state index contributed by atoms with van der Waals surface area (Å²) in [6, 6.07) is 7.51. The molecule has 0 aliphatic rings. The Kier molecular flexibility index (Phi) is 5.07. The van der Waals surface area contributed by atoms with Crippen LogP contribution >= 0.6 is 0 Å². The topological polar surface area (TPSA) is 85.8 Å². The molecule has 0 aliphatic heterocycles. The van der Waals surface area contributed by atoms with Crippen LogP contribution in [0.5, 0.6) is 0 Å². The third-order valence-electron chi connectivity index (χ3n) is 5.02. The maximum Gasteiger partial charge on any atom is 0.259 e. The van der Waals surface area contributed by atoms with Gasteiger partial charge >= 0.3 is 0 Å². The van der Waals surface area contributed by atoms with Crippen LogP contribution in [0.15, 0.2) is 41.1 Å². The van der Waals surface area contributed by atoms with Gasteiger partial charge in [0.15, 0.2) is 0 Å². The zero-order valence-corrected chi connectivity index (χ0v) is 17.2. The number of hydrogen-bond donors (Lipinski definition) is 1. The number of pyridine rings is 1. The number of carbonyl (C=O) groups excluding carboxylic acids is 1. The van der Waals surface area contributed by atoms with E-state index in [4.69, 9.17) is 4.52 Å². The fourth-order valence-electron chi connectivity index (χ4n) is 3.57. The van der Waals surface area contributed by atoms with Gasteiger partial charge in [0.2, 0.25) is 0 Å². The number of benzene rings is 1. The van der Waals surface area contributed by atoms with Gasteiger partial charge in [-0.05, 0) is 63.1 Å². The van der Waals surface area contributed by atoms with Crippen molar-refractivity contribution in [1.82, 2.24) is 25.2 Å². The van der Waals surface area contributed by atoms with E-state index in [0.717, 1.165) is 11.3 Å². The van der Waals surface area contributed by atoms with Crippen LogP contribution < -0.4 is 5.32 Å². The van der Waals surface area contributed by atoms with E-state index in [2.05, 4.69) is 20.6 Å². The van der Waals surface area contributed by atoms with Gasteiger partial charge in [0.1, 0.15) is 5.82 Å². The quantitative estimate of drug-likeness (QED) is 0.545. The number of fused-ring (bicyclic) bond motifs is 1. The van der Waals surface area contributed by atoms with Crippen molar-refractivity contribution < 1.29 is 13.7 Å². The predicted octanol–water partition coefficient (Wildman–Crippen LogP) is 3.74. The lowest BCUT2D eigenvalue weighted by atomic mass is 10.0. The Morgan fingerprint density at radius 1 is 1.23 bits per heavy atom. The number of rotatable bonds is 5. The van der Waals surface area contributed by atoms with Gasteiger partial charge in [-0.15, -0.1) is 0 Å². The van der Waals surface area contributed by atoms with E-state index in [1.807, 2.05) is 27.1 Å². The third-order valence-corrected chi connectivity index (χ3v) is 5.02. The standard InChI is InChI=1S/C22H22FN5O2/c1-12(9-16-11-28(4)26-13(16)2)24-21(29)18-10-19(15-5-7-17(23)8-6-15)25-22-20(18)14(3)27-30-22/h5-8,10-12H,9H2,1-4H3,(H,24,29). The lowest BCUT2D eigenvalue weighted by molar-refractivity contribution is 0.0941. The van der Waals surface area contributed by atoms with E-state index < -0.39 is 0 Å². The van der Waals surface area contributed by atoms with Crippen LogP contribution in [-0.2, 0) is 13.5 Å². The molecule has 0 saturated heterocycles. The van der Waals surface area contributed by atoms with Gasteiger partial charge in [-0.3, -0.25) is 9.48 Å². The van der Waals surface area contributed by atoms with Crippen molar-refractivity contribution in [2.24, 2.45) is 7.05 Å². The highest BCUT2D eigenvalue weighted by atomic mass is 19.1. The average molecular weight is 407 g/mol. The van der Waals surface area contributed by atoms with Gasteiger partial charge < -0.3 is 9.84 Å². The van der Waals surface area contributed by atoms with Gasteiger partial charge in [0.25, 0.3) is 11.6 Å². The van der Waals surface area contributed by atoms with Gasteiger partial charge in [0, 0.05) is 24.8 Å². The van der Waals surface area contributed by atoms with Crippen LogP contribution in [0, 0.1) is 19.7 Å². The van der Waals surface area contributed by atoms with Gasteiger partial charge in [-0.1, -0.05) is 5.16 Å². The molecule has 154 valence electrons. The highest BCUT2D eigenvalue weighted by Gasteiger charge is 2.21. The van der Waals surface area contributed by atoms with Gasteiger partial charge in [0.05, 0.1) is 28.0 Å². The van der Waals surface area contributed by atoms with Crippen LogP contribution in [0.25, 0.3) is 22.4 Å². The van der Waals surface area contributed by atoms with E-state index in [1.165, 1.54) is 12.1 Å². The normalized spacial score (nSPS) is 12.3. The largest absolute Gasteiger partial charge is 0.349 e. The van der Waals surface area contributed by atoms with E-state index in [9.17, 15) is 9.18 Å². The smallest absolute Gasteiger partial charge is 0.259 e. The number of carbonyl (C=O) groups is 1. The third kappa shape index (κ3) is 3.80. The van der Waals surface area contributed by atoms with Crippen LogP contribution in [0.1, 0.15) is 34.2 Å². The zero-order chi connectivity index (χ0) is 21.4. The molecule has 0 radical (unpaired) electrons. The molecule has 1 amide bonds. The molecule has 30 heavy (non-hydrogen) atoms. The molecule has 0 spiro atoms. The molecule has 0 saturated carbocycles. The van der Waals surface area contributed by atoms with Crippen molar-refractivity contribution in [2.45, 2.75) is 33.2 Å². The predicted molar refractivity (Wildman–Crippen MR) is 111 cm³/mol. The second-order valence-corrected chi connectivity index (χ2v) is 7.50. The van der Waals surface area contributed by atoms with Crippen molar-refractivity contribution in [1.29, 1.82) is 0 Å². The molecule has 1 aromatic carbocycles. The first-order chi connectivity index (χ1) is 14.3. The first kappa shape index (κ1) is 19.8. The van der Waals surface area contributed by atoms with Crippen LogP contribution in [0.3, 0.4) is 0 Å². The summed E-state index contributed by atoms with van der Waals surface area (Å²) >= 11 is 0. The Morgan fingerprint density at radius 2 is 1.97 bits per heavy atom. The number of nitrogens with one attached hydrogen (secondary N) is 1. The zero-order valence-electron chi connectivity index (χ0n) is 17.2. The molecular formula is C22H22FN5O2. The Labute approximate surface area is 172 Å².